The number of aliphatic hydroxyl groups is 1. The highest BCUT2D eigenvalue weighted by Gasteiger charge is 2.47. The first-order chi connectivity index (χ1) is 33.1. The molecule has 2 aromatic rings. The fourth-order valence-electron chi connectivity index (χ4n) is 8.36. The summed E-state index contributed by atoms with van der Waals surface area (Å²) in [7, 11) is 1.35. The van der Waals surface area contributed by atoms with Crippen LogP contribution in [0, 0.1) is 11.8 Å². The zero-order valence-electron chi connectivity index (χ0n) is 40.8. The zero-order valence-corrected chi connectivity index (χ0v) is 40.8. The number of phenolic OH excluding ortho intramolecular Hbond substituents is 2. The van der Waals surface area contributed by atoms with Gasteiger partial charge in [-0.2, -0.15) is 0 Å². The summed E-state index contributed by atoms with van der Waals surface area (Å²) < 4.78 is 5.83. The summed E-state index contributed by atoms with van der Waals surface area (Å²) in [6, 6.07) is 0.767. The number of phenols is 2. The van der Waals surface area contributed by atoms with Crippen LogP contribution in [-0.2, 0) is 60.7 Å². The molecule has 2 aromatic carbocycles. The van der Waals surface area contributed by atoms with Crippen molar-refractivity contribution in [2.75, 3.05) is 7.05 Å². The van der Waals surface area contributed by atoms with Gasteiger partial charge in [-0.15, -0.1) is 0 Å². The number of carbonyl (C=O) groups is 9. The van der Waals surface area contributed by atoms with Gasteiger partial charge in [0.05, 0.1) is 6.42 Å². The number of benzene rings is 2. The normalized spacial score (nSPS) is 25.0. The van der Waals surface area contributed by atoms with Crippen LogP contribution in [-0.4, -0.2) is 145 Å². The minimum Gasteiger partial charge on any atom is -0.508 e. The molecular weight excluding hydrogens is 911 g/mol. The molecular formula is C49H69N7O14. The first kappa shape index (κ1) is 55.8. The van der Waals surface area contributed by atoms with Crippen molar-refractivity contribution in [3.63, 3.8) is 0 Å². The first-order valence-corrected chi connectivity index (χ1v) is 23.8. The minimum atomic E-state index is -1.89. The number of aliphatic carboxylic acids is 1. The molecule has 2 saturated heterocycles. The van der Waals surface area contributed by atoms with Crippen molar-refractivity contribution < 1.29 is 68.3 Å². The van der Waals surface area contributed by atoms with E-state index >= 15 is 0 Å². The predicted octanol–water partition coefficient (Wildman–Crippen LogP) is 1.15. The Hall–Kier alpha value is -6.77. The minimum absolute atomic E-state index is 0.0240. The number of piperidine rings is 1. The topological polar surface area (TPSA) is 310 Å². The highest BCUT2D eigenvalue weighted by molar-refractivity contribution is 5.99. The van der Waals surface area contributed by atoms with Gasteiger partial charge in [-0.1, -0.05) is 78.1 Å². The highest BCUT2D eigenvalue weighted by atomic mass is 16.5. The van der Waals surface area contributed by atoms with Gasteiger partial charge in [0.1, 0.15) is 66.1 Å². The third kappa shape index (κ3) is 15.1. The number of carboxylic acids is 1. The van der Waals surface area contributed by atoms with Crippen LogP contribution in [0.25, 0.3) is 0 Å². The number of cyclic esters (lactones) is 1. The van der Waals surface area contributed by atoms with Gasteiger partial charge in [-0.05, 0) is 73.4 Å². The Bertz CT molecular complexity index is 2190. The zero-order chi connectivity index (χ0) is 52.0. The first-order valence-electron chi connectivity index (χ1n) is 23.8. The number of esters is 1. The van der Waals surface area contributed by atoms with Gasteiger partial charge in [0.25, 0.3) is 0 Å². The van der Waals surface area contributed by atoms with Crippen LogP contribution < -0.4 is 26.6 Å². The van der Waals surface area contributed by atoms with Crippen molar-refractivity contribution in [1.82, 2.24) is 36.4 Å². The van der Waals surface area contributed by atoms with E-state index in [0.29, 0.717) is 30.4 Å². The molecule has 21 nitrogen and oxygen atoms in total. The number of rotatable bonds is 16. The second-order valence-corrected chi connectivity index (χ2v) is 18.5. The molecule has 10 atom stereocenters. The van der Waals surface area contributed by atoms with Crippen LogP contribution in [0.2, 0.25) is 0 Å². The van der Waals surface area contributed by atoms with Crippen molar-refractivity contribution in [2.24, 2.45) is 11.8 Å². The number of aliphatic hydroxyl groups excluding tert-OH is 1. The Kier molecular flexibility index (Phi) is 20.5. The third-order valence-electron chi connectivity index (χ3n) is 12.7. The molecule has 4 rings (SSSR count). The lowest BCUT2D eigenvalue weighted by Crippen LogP contribution is -2.66. The number of hydrogen-bond acceptors (Lipinski definition) is 13. The van der Waals surface area contributed by atoms with Gasteiger partial charge < -0.3 is 61.5 Å². The van der Waals surface area contributed by atoms with E-state index in [1.54, 1.807) is 27.7 Å². The number of likely N-dealkylation sites (N-methyl/N-ethyl adjacent to an activating group) is 1. The second kappa shape index (κ2) is 25.7. The van der Waals surface area contributed by atoms with Crippen molar-refractivity contribution >= 4 is 53.3 Å². The molecule has 2 unspecified atom stereocenters. The summed E-state index contributed by atoms with van der Waals surface area (Å²) in [6.07, 6.45) is -2.42. The van der Waals surface area contributed by atoms with E-state index in [-0.39, 0.29) is 43.6 Å². The summed E-state index contributed by atoms with van der Waals surface area (Å²) in [5, 5.41) is 54.0. The maximum Gasteiger partial charge on any atom is 0.329 e. The lowest BCUT2D eigenvalue weighted by Gasteiger charge is -2.44. The van der Waals surface area contributed by atoms with E-state index in [2.05, 4.69) is 26.6 Å². The van der Waals surface area contributed by atoms with Crippen LogP contribution >= 0.6 is 0 Å². The molecule has 7 amide bonds. The number of unbranched alkanes of at least 4 members (excludes halogenated alkanes) is 2. The number of hydrogen-bond donors (Lipinski definition) is 9. The van der Waals surface area contributed by atoms with Crippen LogP contribution in [0.4, 0.5) is 0 Å². The Balaban J connectivity index is 1.88. The monoisotopic (exact) mass is 979 g/mol. The molecule has 2 aliphatic heterocycles. The molecule has 2 heterocycles. The van der Waals surface area contributed by atoms with Gasteiger partial charge in [-0.25, -0.2) is 4.79 Å². The number of fused-ring (bicyclic) bond motifs is 2. The van der Waals surface area contributed by atoms with E-state index in [0.717, 1.165) is 16.2 Å². The number of ether oxygens (including phenoxy) is 1. The van der Waals surface area contributed by atoms with Gasteiger partial charge in [0.15, 0.2) is 0 Å². The van der Waals surface area contributed by atoms with E-state index in [9.17, 15) is 63.6 Å². The van der Waals surface area contributed by atoms with Crippen LogP contribution in [0.3, 0.4) is 0 Å². The number of carboxylic acid groups (broad SMARTS) is 1. The lowest BCUT2D eigenvalue weighted by molar-refractivity contribution is -0.168. The van der Waals surface area contributed by atoms with Crippen LogP contribution in [0.1, 0.15) is 104 Å². The fourth-order valence-corrected chi connectivity index (χ4v) is 8.36. The maximum atomic E-state index is 14.9. The number of nitrogens with one attached hydrogen (secondary N) is 5. The average Bonchev–Trinajstić information content (AvgIpc) is 3.30. The van der Waals surface area contributed by atoms with E-state index in [4.69, 9.17) is 4.74 Å². The Morgan fingerprint density at radius 2 is 1.40 bits per heavy atom. The summed E-state index contributed by atoms with van der Waals surface area (Å²) >= 11 is 0. The molecule has 0 saturated carbocycles. The van der Waals surface area contributed by atoms with Crippen molar-refractivity contribution in [2.45, 2.75) is 160 Å². The van der Waals surface area contributed by atoms with Crippen molar-refractivity contribution in [3.8, 4) is 11.5 Å². The molecule has 9 N–H and O–H groups in total. The van der Waals surface area contributed by atoms with Crippen LogP contribution in [0.5, 0.6) is 11.5 Å². The molecule has 2 fully saturated rings. The molecule has 21 heteroatoms. The number of nitrogens with zero attached hydrogens (tertiary/aromatic N) is 2. The largest absolute Gasteiger partial charge is 0.508 e. The molecule has 0 spiro atoms. The number of aromatic hydroxyl groups is 2. The molecule has 2 aliphatic rings. The number of carbonyl (C=O) groups excluding carboxylic acids is 8. The van der Waals surface area contributed by atoms with E-state index < -0.39 is 126 Å². The summed E-state index contributed by atoms with van der Waals surface area (Å²) in [5.74, 6) is -10.3. The quantitative estimate of drug-likeness (QED) is 0.0843. The van der Waals surface area contributed by atoms with E-state index in [1.807, 2.05) is 6.92 Å². The Morgan fingerprint density at radius 1 is 0.800 bits per heavy atom. The lowest BCUT2D eigenvalue weighted by atomic mass is 9.91. The Labute approximate surface area is 407 Å². The molecule has 0 aromatic heterocycles. The van der Waals surface area contributed by atoms with Gasteiger partial charge in [-0.3, -0.25) is 38.4 Å². The summed E-state index contributed by atoms with van der Waals surface area (Å²) in [5.41, 5.74) is 0.911. The fraction of sp³-hybridized carbons (Fsp3) is 0.571. The van der Waals surface area contributed by atoms with Gasteiger partial charge in [0, 0.05) is 26.3 Å². The summed E-state index contributed by atoms with van der Waals surface area (Å²) in [6.45, 7) is 9.81. The van der Waals surface area contributed by atoms with Crippen LogP contribution in [0.15, 0.2) is 48.5 Å². The standard InChI is InChI=1S/C49H69N7O14/c1-8-10-11-12-37(59)50-35(25-39(61)62)44(64)54-41-28(6)70-49(69)40(26(3)4)53-45(65)36(24-30-15-19-32(58)20-16-30)55(7)48(68)42(27(5)9-2)56-38(60)22-21-33(47(56)67)51-43(63)34(52-46(41)66)23-29-13-17-31(57)18-14-29/h13-20,26-28,33-36,38,40-42,57-58,60H,8-12,21-25H2,1-7H3,(H,50,59)(H,51,63)(H,52,66)(H,53,65)(H,54,64)(H,61,62)/t27?,28-,33+,34+,35+,36+,38-,40?,41+,42+/m1/s1. The van der Waals surface area contributed by atoms with Gasteiger partial charge >= 0.3 is 11.9 Å². The third-order valence-corrected chi connectivity index (χ3v) is 12.7. The van der Waals surface area contributed by atoms with Crippen molar-refractivity contribution in [3.05, 3.63) is 59.7 Å². The smallest absolute Gasteiger partial charge is 0.329 e. The molecule has 0 aliphatic carbocycles. The second-order valence-electron chi connectivity index (χ2n) is 18.5. The molecule has 384 valence electrons. The average molecular weight is 980 g/mol. The van der Waals surface area contributed by atoms with E-state index in [1.165, 1.54) is 62.5 Å². The SMILES string of the molecule is CCCCCC(=O)N[C@@H](CC(=O)O)C(=O)N[C@@H]1C(=O)N[C@@H](Cc2ccc(O)cc2)C(=O)N[C@H]2CC[C@@H](O)N(C2=O)[C@@H](C(C)CC)C(=O)N(C)[C@@H](Cc2ccc(O)cc2)C(=O)NC(C(C)C)C(=O)O[C@@H]1C. The van der Waals surface area contributed by atoms with Gasteiger partial charge in [0.2, 0.25) is 41.4 Å². The molecule has 0 radical (unpaired) electrons. The van der Waals surface area contributed by atoms with Crippen molar-refractivity contribution in [1.29, 1.82) is 0 Å². The Morgan fingerprint density at radius 3 is 1.96 bits per heavy atom. The predicted molar refractivity (Wildman–Crippen MR) is 252 cm³/mol. The maximum absolute atomic E-state index is 14.9. The number of amides is 7. The molecule has 70 heavy (non-hydrogen) atoms. The molecule has 2 bridgehead atoms. The summed E-state index contributed by atoms with van der Waals surface area (Å²) in [4.78, 5) is 128. The highest BCUT2D eigenvalue weighted by Crippen LogP contribution is 2.28.